The Hall–Kier alpha value is -3.14. The normalized spacial score (nSPS) is 18.5. The van der Waals surface area contributed by atoms with Gasteiger partial charge in [-0.2, -0.15) is 5.10 Å². The molecule has 1 saturated heterocycles. The number of nitrogens with one attached hydrogen (secondary N) is 1. The second kappa shape index (κ2) is 9.01. The highest BCUT2D eigenvalue weighted by Gasteiger charge is 2.26. The summed E-state index contributed by atoms with van der Waals surface area (Å²) in [5.41, 5.74) is 3.89. The molecule has 5 rings (SSSR count). The average molecular weight is 467 g/mol. The summed E-state index contributed by atoms with van der Waals surface area (Å²) in [5.74, 6) is -0.697. The van der Waals surface area contributed by atoms with Gasteiger partial charge in [0.15, 0.2) is 0 Å². The number of ether oxygens (including phenoxy) is 1. The second-order valence-corrected chi connectivity index (χ2v) is 9.11. The molecule has 33 heavy (non-hydrogen) atoms. The van der Waals surface area contributed by atoms with Gasteiger partial charge < -0.3 is 15.2 Å². The Morgan fingerprint density at radius 1 is 1.30 bits per heavy atom. The van der Waals surface area contributed by atoms with Crippen molar-refractivity contribution in [3.8, 4) is 11.1 Å². The molecule has 2 N–H and O–H groups in total. The quantitative estimate of drug-likeness (QED) is 0.471. The van der Waals surface area contributed by atoms with Gasteiger partial charge in [0.1, 0.15) is 11.5 Å². The van der Waals surface area contributed by atoms with Crippen LogP contribution in [0.3, 0.4) is 0 Å². The molecule has 0 bridgehead atoms. The fourth-order valence-corrected chi connectivity index (χ4v) is 4.87. The highest BCUT2D eigenvalue weighted by molar-refractivity contribution is 7.17. The zero-order valence-corrected chi connectivity index (χ0v) is 18.8. The molecule has 3 aromatic heterocycles. The third-order valence-electron chi connectivity index (χ3n) is 5.83. The lowest BCUT2D eigenvalue weighted by Gasteiger charge is -2.28. The summed E-state index contributed by atoms with van der Waals surface area (Å²) in [6, 6.07) is 8.23. The summed E-state index contributed by atoms with van der Waals surface area (Å²) < 4.78 is 23.0. The lowest BCUT2D eigenvalue weighted by Crippen LogP contribution is -2.49. The van der Waals surface area contributed by atoms with Gasteiger partial charge in [-0.15, -0.1) is 11.3 Å². The molecular weight excluding hydrogens is 443 g/mol. The maximum atomic E-state index is 15.0. The molecule has 2 atom stereocenters. The fraction of sp³-hybridized carbons (Fsp3) is 0.292. The van der Waals surface area contributed by atoms with Gasteiger partial charge in [-0.05, 0) is 46.7 Å². The minimum absolute atomic E-state index is 0.237. The smallest absolute Gasteiger partial charge is 0.270 e. The van der Waals surface area contributed by atoms with Crippen LogP contribution < -0.4 is 5.32 Å². The van der Waals surface area contributed by atoms with Crippen molar-refractivity contribution < 1.29 is 19.0 Å². The molecule has 1 fully saturated rings. The first-order chi connectivity index (χ1) is 16.0. The Morgan fingerprint density at radius 3 is 2.94 bits per heavy atom. The van der Waals surface area contributed by atoms with E-state index in [1.807, 2.05) is 30.8 Å². The van der Waals surface area contributed by atoms with Crippen LogP contribution >= 0.6 is 11.3 Å². The number of aliphatic hydroxyl groups is 1. The lowest BCUT2D eigenvalue weighted by molar-refractivity contribution is -0.0140. The third kappa shape index (κ3) is 4.52. The van der Waals surface area contributed by atoms with E-state index >= 15 is 4.39 Å². The van der Waals surface area contributed by atoms with Gasteiger partial charge in [-0.1, -0.05) is 12.1 Å². The van der Waals surface area contributed by atoms with Gasteiger partial charge in [-0.25, -0.2) is 9.37 Å². The number of pyridine rings is 1. The molecule has 7 nitrogen and oxygen atoms in total. The lowest BCUT2D eigenvalue weighted by atomic mass is 10.0. The number of aryl methyl sites for hydroxylation is 1. The largest absolute Gasteiger partial charge is 0.391 e. The Labute approximate surface area is 193 Å². The number of benzene rings is 1. The Morgan fingerprint density at radius 2 is 2.18 bits per heavy atom. The van der Waals surface area contributed by atoms with E-state index in [0.29, 0.717) is 30.5 Å². The van der Waals surface area contributed by atoms with Gasteiger partial charge in [0.05, 0.1) is 35.2 Å². The summed E-state index contributed by atoms with van der Waals surface area (Å²) in [5, 5.41) is 19.0. The number of carbonyl (C=O) groups is 1. The molecule has 0 aliphatic carbocycles. The summed E-state index contributed by atoms with van der Waals surface area (Å²) in [6.45, 7) is 0.733. The van der Waals surface area contributed by atoms with E-state index < -0.39 is 12.1 Å². The first-order valence-corrected chi connectivity index (χ1v) is 11.6. The van der Waals surface area contributed by atoms with E-state index in [-0.39, 0.29) is 24.0 Å². The molecule has 0 saturated carbocycles. The standard InChI is InChI=1S/C24H23FN4O3S/c1-29-12-17(11-26-29)14-2-3-15(18(25)9-14)8-16-10-20(27-19-5-7-33-23(16)19)24(31)28-21-13-32-6-4-22(21)30/h2-3,5,7,9-12,21-22,30H,4,6,8,13H2,1H3,(H,28,31)/t21-,22-/m0/s1. The number of nitrogens with zero attached hydrogens (tertiary/aromatic N) is 3. The third-order valence-corrected chi connectivity index (χ3v) is 6.81. The fourth-order valence-electron chi connectivity index (χ4n) is 4.02. The number of aliphatic hydroxyl groups excluding tert-OH is 1. The summed E-state index contributed by atoms with van der Waals surface area (Å²) in [4.78, 5) is 17.4. The van der Waals surface area contributed by atoms with E-state index in [2.05, 4.69) is 15.4 Å². The molecule has 4 heterocycles. The van der Waals surface area contributed by atoms with Crippen molar-refractivity contribution in [1.82, 2.24) is 20.1 Å². The Kier molecular flexibility index (Phi) is 5.92. The number of amides is 1. The monoisotopic (exact) mass is 466 g/mol. The van der Waals surface area contributed by atoms with Crippen molar-refractivity contribution in [2.24, 2.45) is 7.05 Å². The van der Waals surface area contributed by atoms with Gasteiger partial charge in [0.2, 0.25) is 0 Å². The minimum Gasteiger partial charge on any atom is -0.391 e. The van der Waals surface area contributed by atoms with Crippen LogP contribution in [0.15, 0.2) is 48.1 Å². The van der Waals surface area contributed by atoms with Crippen molar-refractivity contribution in [2.45, 2.75) is 25.0 Å². The minimum atomic E-state index is -0.653. The molecular formula is C24H23FN4O3S. The SMILES string of the molecule is Cn1cc(-c2ccc(Cc3cc(C(=O)N[C@H]4COCC[C@@H]4O)nc4ccsc34)c(F)c2)cn1. The molecule has 9 heteroatoms. The number of thiophene rings is 1. The van der Waals surface area contributed by atoms with Crippen molar-refractivity contribution in [3.63, 3.8) is 0 Å². The zero-order valence-electron chi connectivity index (χ0n) is 18.0. The van der Waals surface area contributed by atoms with Crippen molar-refractivity contribution in [2.75, 3.05) is 13.2 Å². The number of carbonyl (C=O) groups excluding carboxylic acids is 1. The Balaban J connectivity index is 1.42. The summed E-state index contributed by atoms with van der Waals surface area (Å²) in [7, 11) is 1.82. The molecule has 0 unspecified atom stereocenters. The van der Waals surface area contributed by atoms with Gasteiger partial charge in [0, 0.05) is 31.8 Å². The first-order valence-electron chi connectivity index (χ1n) is 10.7. The highest BCUT2D eigenvalue weighted by atomic mass is 32.1. The Bertz CT molecular complexity index is 1320. The molecule has 0 spiro atoms. The van der Waals surface area contributed by atoms with Crippen LogP contribution in [-0.4, -0.2) is 51.1 Å². The number of fused-ring (bicyclic) bond motifs is 1. The second-order valence-electron chi connectivity index (χ2n) is 8.20. The summed E-state index contributed by atoms with van der Waals surface area (Å²) >= 11 is 1.51. The molecule has 0 radical (unpaired) electrons. The predicted molar refractivity (Wildman–Crippen MR) is 124 cm³/mol. The van der Waals surface area contributed by atoms with E-state index in [0.717, 1.165) is 21.4 Å². The summed E-state index contributed by atoms with van der Waals surface area (Å²) in [6.07, 6.45) is 3.69. The van der Waals surface area contributed by atoms with Crippen LogP contribution in [0.25, 0.3) is 21.3 Å². The topological polar surface area (TPSA) is 89.3 Å². The average Bonchev–Trinajstić information content (AvgIpc) is 3.45. The predicted octanol–water partition coefficient (Wildman–Crippen LogP) is 3.31. The van der Waals surface area contributed by atoms with Crippen LogP contribution in [-0.2, 0) is 18.2 Å². The maximum Gasteiger partial charge on any atom is 0.270 e. The van der Waals surface area contributed by atoms with Gasteiger partial charge in [-0.3, -0.25) is 9.48 Å². The maximum absolute atomic E-state index is 15.0. The zero-order chi connectivity index (χ0) is 22.9. The van der Waals surface area contributed by atoms with Crippen molar-refractivity contribution in [1.29, 1.82) is 0 Å². The molecule has 4 aromatic rings. The van der Waals surface area contributed by atoms with Gasteiger partial charge in [0.25, 0.3) is 5.91 Å². The van der Waals surface area contributed by atoms with E-state index in [1.54, 1.807) is 23.0 Å². The van der Waals surface area contributed by atoms with Crippen LogP contribution in [0.4, 0.5) is 4.39 Å². The van der Waals surface area contributed by atoms with Crippen LogP contribution in [0.2, 0.25) is 0 Å². The molecule has 1 aromatic carbocycles. The van der Waals surface area contributed by atoms with E-state index in [4.69, 9.17) is 4.74 Å². The van der Waals surface area contributed by atoms with Crippen molar-refractivity contribution >= 4 is 27.5 Å². The van der Waals surface area contributed by atoms with Crippen LogP contribution in [0.1, 0.15) is 28.0 Å². The first kappa shape index (κ1) is 21.7. The van der Waals surface area contributed by atoms with Crippen LogP contribution in [0, 0.1) is 5.82 Å². The molecule has 1 amide bonds. The van der Waals surface area contributed by atoms with E-state index in [1.165, 1.54) is 17.4 Å². The molecule has 1 aliphatic heterocycles. The van der Waals surface area contributed by atoms with Crippen LogP contribution in [0.5, 0.6) is 0 Å². The van der Waals surface area contributed by atoms with Gasteiger partial charge >= 0.3 is 0 Å². The number of aromatic nitrogens is 3. The molecule has 1 aliphatic rings. The number of rotatable bonds is 5. The molecule has 170 valence electrons. The number of hydrogen-bond donors (Lipinski definition) is 2. The van der Waals surface area contributed by atoms with Crippen molar-refractivity contribution in [3.05, 3.63) is 70.7 Å². The number of halogens is 1. The number of hydrogen-bond acceptors (Lipinski definition) is 6. The highest BCUT2D eigenvalue weighted by Crippen LogP contribution is 2.29. The van der Waals surface area contributed by atoms with E-state index in [9.17, 15) is 9.90 Å².